The lowest BCUT2D eigenvalue weighted by Crippen LogP contribution is -2.45. The molecule has 118 valence electrons. The monoisotopic (exact) mass is 286 g/mol. The fraction of sp³-hybridized carbons (Fsp3) is 0.933. The van der Waals surface area contributed by atoms with Gasteiger partial charge in [-0.05, 0) is 26.7 Å². The third kappa shape index (κ3) is 6.20. The molecule has 1 saturated carbocycles. The van der Waals surface area contributed by atoms with Crippen LogP contribution in [0.1, 0.15) is 46.0 Å². The molecule has 5 heteroatoms. The average molecular weight is 286 g/mol. The molecule has 1 aliphatic carbocycles. The number of hydrogen-bond acceptors (Lipinski definition) is 4. The van der Waals surface area contributed by atoms with Crippen molar-refractivity contribution in [3.8, 4) is 0 Å². The van der Waals surface area contributed by atoms with E-state index in [4.69, 9.17) is 15.2 Å². The number of nitrogens with two attached hydrogens (primary N) is 1. The smallest absolute Gasteiger partial charge is 0.224 e. The maximum Gasteiger partial charge on any atom is 0.224 e. The number of carbonyl (C=O) groups excluding carboxylic acids is 1. The Morgan fingerprint density at radius 1 is 1.10 bits per heavy atom. The Hall–Kier alpha value is -0.650. The van der Waals surface area contributed by atoms with Crippen LogP contribution >= 0.6 is 0 Å². The van der Waals surface area contributed by atoms with Crippen LogP contribution in [0.25, 0.3) is 0 Å². The van der Waals surface area contributed by atoms with Crippen molar-refractivity contribution in [3.05, 3.63) is 0 Å². The highest BCUT2D eigenvalue weighted by atomic mass is 16.5. The van der Waals surface area contributed by atoms with Crippen molar-refractivity contribution >= 4 is 5.91 Å². The van der Waals surface area contributed by atoms with E-state index >= 15 is 0 Å². The second kappa shape index (κ2) is 9.32. The standard InChI is InChI=1S/C15H30N2O3/c1-3-19-11-9-17(10-12-20-4-2)14(18)13-15(16)7-5-6-8-15/h3-13,16H2,1-2H3. The second-order valence-electron chi connectivity index (χ2n) is 5.52. The van der Waals surface area contributed by atoms with Crippen molar-refractivity contribution in [3.63, 3.8) is 0 Å². The van der Waals surface area contributed by atoms with Gasteiger partial charge in [0.25, 0.3) is 0 Å². The summed E-state index contributed by atoms with van der Waals surface area (Å²) in [6, 6.07) is 0. The largest absolute Gasteiger partial charge is 0.380 e. The molecule has 0 atom stereocenters. The first kappa shape index (κ1) is 17.4. The average Bonchev–Trinajstić information content (AvgIpc) is 2.83. The first-order chi connectivity index (χ1) is 9.61. The minimum Gasteiger partial charge on any atom is -0.380 e. The van der Waals surface area contributed by atoms with Crippen LogP contribution < -0.4 is 5.73 Å². The molecule has 0 aromatic heterocycles. The van der Waals surface area contributed by atoms with Crippen LogP contribution in [0.2, 0.25) is 0 Å². The highest BCUT2D eigenvalue weighted by Gasteiger charge is 2.33. The van der Waals surface area contributed by atoms with Crippen molar-refractivity contribution in [1.82, 2.24) is 4.90 Å². The molecule has 20 heavy (non-hydrogen) atoms. The van der Waals surface area contributed by atoms with Gasteiger partial charge in [-0.15, -0.1) is 0 Å². The Morgan fingerprint density at radius 2 is 1.60 bits per heavy atom. The van der Waals surface area contributed by atoms with Crippen LogP contribution in [0.5, 0.6) is 0 Å². The molecule has 0 saturated heterocycles. The van der Waals surface area contributed by atoms with Gasteiger partial charge in [0.1, 0.15) is 0 Å². The zero-order valence-electron chi connectivity index (χ0n) is 13.0. The molecule has 1 fully saturated rings. The molecule has 5 nitrogen and oxygen atoms in total. The summed E-state index contributed by atoms with van der Waals surface area (Å²) in [7, 11) is 0. The lowest BCUT2D eigenvalue weighted by molar-refractivity contribution is -0.134. The molecule has 0 aromatic rings. The van der Waals surface area contributed by atoms with Crippen molar-refractivity contribution < 1.29 is 14.3 Å². The van der Waals surface area contributed by atoms with Gasteiger partial charge < -0.3 is 20.1 Å². The Balaban J connectivity index is 2.44. The van der Waals surface area contributed by atoms with E-state index in [1.54, 1.807) is 0 Å². The fourth-order valence-corrected chi connectivity index (χ4v) is 2.67. The van der Waals surface area contributed by atoms with E-state index in [2.05, 4.69) is 0 Å². The van der Waals surface area contributed by atoms with E-state index in [-0.39, 0.29) is 11.4 Å². The summed E-state index contributed by atoms with van der Waals surface area (Å²) in [6.07, 6.45) is 4.65. The van der Waals surface area contributed by atoms with Crippen molar-refractivity contribution in [1.29, 1.82) is 0 Å². The number of amides is 1. The third-order valence-corrected chi connectivity index (χ3v) is 3.87. The molecule has 2 N–H and O–H groups in total. The molecule has 0 heterocycles. The normalized spacial score (nSPS) is 17.4. The predicted molar refractivity (Wildman–Crippen MR) is 79.6 cm³/mol. The fourth-order valence-electron chi connectivity index (χ4n) is 2.67. The Bertz CT molecular complexity index is 268. The summed E-state index contributed by atoms with van der Waals surface area (Å²) in [4.78, 5) is 14.3. The molecule has 0 aliphatic heterocycles. The number of nitrogens with zero attached hydrogens (tertiary/aromatic N) is 1. The van der Waals surface area contributed by atoms with Gasteiger partial charge in [0.05, 0.1) is 13.2 Å². The maximum absolute atomic E-state index is 12.4. The molecular weight excluding hydrogens is 256 g/mol. The van der Waals surface area contributed by atoms with Crippen molar-refractivity contribution in [2.45, 2.75) is 51.5 Å². The highest BCUT2D eigenvalue weighted by molar-refractivity contribution is 5.77. The van der Waals surface area contributed by atoms with Gasteiger partial charge in [-0.2, -0.15) is 0 Å². The summed E-state index contributed by atoms with van der Waals surface area (Å²) in [5, 5.41) is 0. The summed E-state index contributed by atoms with van der Waals surface area (Å²) in [5.41, 5.74) is 6.01. The van der Waals surface area contributed by atoms with Crippen molar-refractivity contribution in [2.75, 3.05) is 39.5 Å². The number of ether oxygens (including phenoxy) is 2. The van der Waals surface area contributed by atoms with Crippen LogP contribution in [-0.4, -0.2) is 55.9 Å². The van der Waals surface area contributed by atoms with E-state index in [9.17, 15) is 4.79 Å². The van der Waals surface area contributed by atoms with Gasteiger partial charge in [0.15, 0.2) is 0 Å². The molecule has 0 radical (unpaired) electrons. The first-order valence-electron chi connectivity index (χ1n) is 7.83. The molecule has 0 aromatic carbocycles. The van der Waals surface area contributed by atoms with Gasteiger partial charge in [-0.3, -0.25) is 4.79 Å². The first-order valence-corrected chi connectivity index (χ1v) is 7.83. The molecular formula is C15H30N2O3. The zero-order chi connectivity index (χ0) is 14.8. The predicted octanol–water partition coefficient (Wildman–Crippen LogP) is 1.55. The van der Waals surface area contributed by atoms with E-state index in [0.717, 1.165) is 25.7 Å². The number of hydrogen-bond donors (Lipinski definition) is 1. The molecule has 0 unspecified atom stereocenters. The Labute approximate surface area is 122 Å². The zero-order valence-corrected chi connectivity index (χ0v) is 13.0. The molecule has 0 spiro atoms. The van der Waals surface area contributed by atoms with Crippen LogP contribution in [-0.2, 0) is 14.3 Å². The van der Waals surface area contributed by atoms with Gasteiger partial charge in [-0.1, -0.05) is 12.8 Å². The summed E-state index contributed by atoms with van der Waals surface area (Å²) >= 11 is 0. The van der Waals surface area contributed by atoms with E-state index < -0.39 is 0 Å². The number of carbonyl (C=O) groups is 1. The van der Waals surface area contributed by atoms with E-state index in [1.807, 2.05) is 18.7 Å². The molecule has 0 bridgehead atoms. The Kier molecular flexibility index (Phi) is 8.11. The second-order valence-corrected chi connectivity index (χ2v) is 5.52. The lowest BCUT2D eigenvalue weighted by Gasteiger charge is -2.28. The topological polar surface area (TPSA) is 64.8 Å². The maximum atomic E-state index is 12.4. The highest BCUT2D eigenvalue weighted by Crippen LogP contribution is 2.30. The number of rotatable bonds is 10. The molecule has 1 amide bonds. The van der Waals surface area contributed by atoms with Gasteiger partial charge in [0, 0.05) is 38.3 Å². The van der Waals surface area contributed by atoms with E-state index in [0.29, 0.717) is 45.9 Å². The molecule has 1 aliphatic rings. The minimum absolute atomic E-state index is 0.133. The van der Waals surface area contributed by atoms with Crippen LogP contribution in [0, 0.1) is 0 Å². The van der Waals surface area contributed by atoms with E-state index in [1.165, 1.54) is 0 Å². The minimum atomic E-state index is -0.285. The van der Waals surface area contributed by atoms with Crippen LogP contribution in [0.4, 0.5) is 0 Å². The van der Waals surface area contributed by atoms with Gasteiger partial charge in [-0.25, -0.2) is 0 Å². The summed E-state index contributed by atoms with van der Waals surface area (Å²) in [5.74, 6) is 0.133. The molecule has 1 rings (SSSR count). The van der Waals surface area contributed by atoms with Crippen LogP contribution in [0.3, 0.4) is 0 Å². The van der Waals surface area contributed by atoms with Gasteiger partial charge >= 0.3 is 0 Å². The van der Waals surface area contributed by atoms with Crippen molar-refractivity contribution in [2.24, 2.45) is 5.73 Å². The van der Waals surface area contributed by atoms with Crippen LogP contribution in [0.15, 0.2) is 0 Å². The quantitative estimate of drug-likeness (QED) is 0.619. The lowest BCUT2D eigenvalue weighted by atomic mass is 9.94. The third-order valence-electron chi connectivity index (χ3n) is 3.87. The summed E-state index contributed by atoms with van der Waals surface area (Å²) < 4.78 is 10.7. The SMILES string of the molecule is CCOCCN(CCOCC)C(=O)CC1(N)CCCC1. The summed E-state index contributed by atoms with van der Waals surface area (Å²) in [6.45, 7) is 7.66. The van der Waals surface area contributed by atoms with Gasteiger partial charge in [0.2, 0.25) is 5.91 Å². The Morgan fingerprint density at radius 3 is 2.05 bits per heavy atom.